The zero-order valence-electron chi connectivity index (χ0n) is 16.0. The largest absolute Gasteiger partial charge is 0.494 e. The first-order chi connectivity index (χ1) is 14.1. The van der Waals surface area contributed by atoms with Crippen LogP contribution in [0.15, 0.2) is 53.3 Å². The second-order valence-corrected chi connectivity index (χ2v) is 8.12. The normalized spacial score (nSPS) is 12.0. The van der Waals surface area contributed by atoms with Gasteiger partial charge >= 0.3 is 0 Å². The van der Waals surface area contributed by atoms with Crippen LogP contribution in [-0.2, 0) is 0 Å². The summed E-state index contributed by atoms with van der Waals surface area (Å²) < 4.78 is 7.68. The third-order valence-electron chi connectivity index (χ3n) is 4.48. The first kappa shape index (κ1) is 19.6. The summed E-state index contributed by atoms with van der Waals surface area (Å²) >= 11 is 7.23. The zero-order chi connectivity index (χ0) is 20.2. The summed E-state index contributed by atoms with van der Waals surface area (Å²) in [6, 6.07) is 15.0. The Morgan fingerprint density at radius 1 is 1.10 bits per heavy atom. The number of rotatable bonds is 7. The number of nitrogens with zero attached hydrogens (tertiary/aromatic N) is 3. The second-order valence-electron chi connectivity index (χ2n) is 6.68. The molecule has 0 radical (unpaired) electrons. The van der Waals surface area contributed by atoms with Gasteiger partial charge in [0.1, 0.15) is 5.75 Å². The number of aromatic nitrogens is 3. The monoisotopic (exact) mass is 425 g/mol. The van der Waals surface area contributed by atoms with Gasteiger partial charge in [0.2, 0.25) is 4.96 Å². The highest BCUT2D eigenvalue weighted by Crippen LogP contribution is 2.20. The SMILES string of the molecule is CCCCCOc1ccc(-c2nc3s/c(=C\c4ccc(Cl)cc4)c(=O)n3n2)cc1. The maximum atomic E-state index is 12.7. The van der Waals surface area contributed by atoms with Crippen molar-refractivity contribution in [3.63, 3.8) is 0 Å². The molecule has 0 spiro atoms. The predicted octanol–water partition coefficient (Wildman–Crippen LogP) is 4.59. The van der Waals surface area contributed by atoms with Crippen molar-refractivity contribution in [2.45, 2.75) is 26.2 Å². The molecule has 0 saturated heterocycles. The standard InChI is InChI=1S/C22H20ClN3O2S/c1-2-3-4-13-28-18-11-7-16(8-12-18)20-24-22-26(25-20)21(27)19(29-22)14-15-5-9-17(23)10-6-15/h5-12,14H,2-4,13H2,1H3/b19-14-. The zero-order valence-corrected chi connectivity index (χ0v) is 17.5. The van der Waals surface area contributed by atoms with Crippen LogP contribution in [0.25, 0.3) is 22.4 Å². The highest BCUT2D eigenvalue weighted by atomic mass is 35.5. The van der Waals surface area contributed by atoms with Gasteiger partial charge in [-0.05, 0) is 54.5 Å². The molecule has 5 nitrogen and oxygen atoms in total. The van der Waals surface area contributed by atoms with Gasteiger partial charge in [0.05, 0.1) is 11.1 Å². The maximum Gasteiger partial charge on any atom is 0.291 e. The average molecular weight is 426 g/mol. The summed E-state index contributed by atoms with van der Waals surface area (Å²) in [5.41, 5.74) is 1.59. The molecule has 4 aromatic rings. The van der Waals surface area contributed by atoms with E-state index in [-0.39, 0.29) is 5.56 Å². The second kappa shape index (κ2) is 8.76. The molecule has 0 aliphatic heterocycles. The third-order valence-corrected chi connectivity index (χ3v) is 5.69. The number of thiazole rings is 1. The molecular weight excluding hydrogens is 406 g/mol. The van der Waals surface area contributed by atoms with Gasteiger partial charge in [-0.1, -0.05) is 54.8 Å². The number of hydrogen-bond donors (Lipinski definition) is 0. The summed E-state index contributed by atoms with van der Waals surface area (Å²) in [6.45, 7) is 2.89. The minimum atomic E-state index is -0.172. The van der Waals surface area contributed by atoms with E-state index in [0.29, 0.717) is 20.3 Å². The van der Waals surface area contributed by atoms with E-state index in [9.17, 15) is 4.79 Å². The lowest BCUT2D eigenvalue weighted by Crippen LogP contribution is -2.23. The highest BCUT2D eigenvalue weighted by Gasteiger charge is 2.12. The van der Waals surface area contributed by atoms with Crippen LogP contribution in [0.4, 0.5) is 0 Å². The number of ether oxygens (including phenoxy) is 1. The van der Waals surface area contributed by atoms with Gasteiger partial charge in [-0.25, -0.2) is 0 Å². The van der Waals surface area contributed by atoms with Crippen LogP contribution in [-0.4, -0.2) is 21.2 Å². The quantitative estimate of drug-likeness (QED) is 0.406. The van der Waals surface area contributed by atoms with E-state index in [0.717, 1.165) is 29.9 Å². The number of fused-ring (bicyclic) bond motifs is 1. The van der Waals surface area contributed by atoms with E-state index >= 15 is 0 Å². The minimum absolute atomic E-state index is 0.172. The molecule has 0 atom stereocenters. The molecule has 0 aliphatic rings. The molecule has 148 valence electrons. The molecule has 7 heteroatoms. The summed E-state index contributed by atoms with van der Waals surface area (Å²) in [5.74, 6) is 1.36. The molecule has 0 fully saturated rings. The van der Waals surface area contributed by atoms with Crippen molar-refractivity contribution in [1.82, 2.24) is 14.6 Å². The first-order valence-corrected chi connectivity index (χ1v) is 10.7. The fraction of sp³-hybridized carbons (Fsp3) is 0.227. The summed E-state index contributed by atoms with van der Waals surface area (Å²) in [5, 5.41) is 5.06. The molecule has 0 unspecified atom stereocenters. The van der Waals surface area contributed by atoms with Gasteiger partial charge in [-0.2, -0.15) is 9.50 Å². The van der Waals surface area contributed by atoms with Crippen LogP contribution in [0.2, 0.25) is 5.02 Å². The molecule has 0 aliphatic carbocycles. The predicted molar refractivity (Wildman–Crippen MR) is 118 cm³/mol. The van der Waals surface area contributed by atoms with Crippen molar-refractivity contribution in [2.75, 3.05) is 6.61 Å². The number of benzene rings is 2. The van der Waals surface area contributed by atoms with Crippen LogP contribution in [0.1, 0.15) is 31.7 Å². The van der Waals surface area contributed by atoms with Crippen molar-refractivity contribution in [2.24, 2.45) is 0 Å². The Labute approximate surface area is 177 Å². The van der Waals surface area contributed by atoms with E-state index < -0.39 is 0 Å². The number of hydrogen-bond acceptors (Lipinski definition) is 5. The Kier molecular flexibility index (Phi) is 5.92. The van der Waals surface area contributed by atoms with Crippen molar-refractivity contribution >= 4 is 34.0 Å². The summed E-state index contributed by atoms with van der Waals surface area (Å²) in [7, 11) is 0. The topological polar surface area (TPSA) is 56.5 Å². The molecule has 0 N–H and O–H groups in total. The molecule has 0 bridgehead atoms. The molecule has 0 amide bonds. The van der Waals surface area contributed by atoms with Gasteiger partial charge in [0, 0.05) is 10.6 Å². The van der Waals surface area contributed by atoms with Gasteiger partial charge < -0.3 is 4.74 Å². The van der Waals surface area contributed by atoms with Crippen LogP contribution in [0.5, 0.6) is 5.75 Å². The van der Waals surface area contributed by atoms with Gasteiger partial charge in [0.15, 0.2) is 5.82 Å². The Morgan fingerprint density at radius 2 is 1.86 bits per heavy atom. The lowest BCUT2D eigenvalue weighted by atomic mass is 10.2. The van der Waals surface area contributed by atoms with Crippen molar-refractivity contribution in [3.8, 4) is 17.1 Å². The van der Waals surface area contributed by atoms with Crippen molar-refractivity contribution in [1.29, 1.82) is 0 Å². The molecule has 4 rings (SSSR count). The van der Waals surface area contributed by atoms with E-state index in [1.165, 1.54) is 28.7 Å². The van der Waals surface area contributed by atoms with Gasteiger partial charge in [0.25, 0.3) is 5.56 Å². The third kappa shape index (κ3) is 4.49. The molecule has 29 heavy (non-hydrogen) atoms. The molecule has 0 saturated carbocycles. The van der Waals surface area contributed by atoms with Gasteiger partial charge in [-0.15, -0.1) is 5.10 Å². The number of unbranched alkanes of at least 4 members (excludes halogenated alkanes) is 2. The Bertz CT molecular complexity index is 1210. The summed E-state index contributed by atoms with van der Waals surface area (Å²) in [6.07, 6.45) is 5.22. The maximum absolute atomic E-state index is 12.7. The van der Waals surface area contributed by atoms with E-state index in [1.807, 2.05) is 42.5 Å². The number of halogens is 1. The van der Waals surface area contributed by atoms with Crippen LogP contribution < -0.4 is 14.8 Å². The minimum Gasteiger partial charge on any atom is -0.494 e. The molecular formula is C22H20ClN3O2S. The fourth-order valence-corrected chi connectivity index (χ4v) is 3.94. The van der Waals surface area contributed by atoms with Crippen molar-refractivity contribution < 1.29 is 4.74 Å². The molecule has 2 heterocycles. The average Bonchev–Trinajstić information content (AvgIpc) is 3.27. The molecule has 2 aromatic heterocycles. The Morgan fingerprint density at radius 3 is 2.55 bits per heavy atom. The van der Waals surface area contributed by atoms with Crippen LogP contribution >= 0.6 is 22.9 Å². The fourth-order valence-electron chi connectivity index (χ4n) is 2.91. The lowest BCUT2D eigenvalue weighted by molar-refractivity contribution is 0.306. The smallest absolute Gasteiger partial charge is 0.291 e. The van der Waals surface area contributed by atoms with Crippen LogP contribution in [0.3, 0.4) is 0 Å². The van der Waals surface area contributed by atoms with Crippen molar-refractivity contribution in [3.05, 3.63) is 74.0 Å². The Hall–Kier alpha value is -2.70. The Balaban J connectivity index is 1.55. The van der Waals surface area contributed by atoms with Crippen LogP contribution in [0, 0.1) is 0 Å². The first-order valence-electron chi connectivity index (χ1n) is 9.54. The van der Waals surface area contributed by atoms with E-state index in [2.05, 4.69) is 17.0 Å². The van der Waals surface area contributed by atoms with E-state index in [1.54, 1.807) is 12.1 Å². The molecule has 2 aromatic carbocycles. The highest BCUT2D eigenvalue weighted by molar-refractivity contribution is 7.15. The summed E-state index contributed by atoms with van der Waals surface area (Å²) in [4.78, 5) is 17.8. The van der Waals surface area contributed by atoms with Gasteiger partial charge in [-0.3, -0.25) is 4.79 Å². The lowest BCUT2D eigenvalue weighted by Gasteiger charge is -2.05. The van der Waals surface area contributed by atoms with E-state index in [4.69, 9.17) is 16.3 Å².